The van der Waals surface area contributed by atoms with Gasteiger partial charge in [-0.05, 0) is 23.3 Å². The second-order valence-electron chi connectivity index (χ2n) is 7.90. The molecule has 3 heterocycles. The summed E-state index contributed by atoms with van der Waals surface area (Å²) in [4.78, 5) is 24.2. The van der Waals surface area contributed by atoms with Gasteiger partial charge in [0.2, 0.25) is 11.9 Å². The van der Waals surface area contributed by atoms with E-state index in [1.807, 2.05) is 0 Å². The molecular weight excluding hydrogens is 494 g/mol. The number of nitrogens with zero attached hydrogens (tertiary/aromatic N) is 5. The van der Waals surface area contributed by atoms with Gasteiger partial charge in [-0.3, -0.25) is 14.5 Å². The van der Waals surface area contributed by atoms with Crippen LogP contribution in [0.2, 0.25) is 0 Å². The van der Waals surface area contributed by atoms with Crippen molar-refractivity contribution < 1.29 is 27.1 Å². The van der Waals surface area contributed by atoms with E-state index >= 15 is 0 Å². The SMILES string of the molecule is COCCn1cc(Nc2ncc(-c3ccc(CC(=O)Nc4cncc(C(F)(F)F)c4)c(F)c3)cn2)cn1. The number of ether oxygens (including phenoxy) is 1. The van der Waals surface area contributed by atoms with E-state index in [4.69, 9.17) is 4.74 Å². The lowest BCUT2D eigenvalue weighted by molar-refractivity contribution is -0.137. The topological polar surface area (TPSA) is 107 Å². The van der Waals surface area contributed by atoms with Gasteiger partial charge in [0.1, 0.15) is 5.82 Å². The van der Waals surface area contributed by atoms with Crippen LogP contribution < -0.4 is 10.6 Å². The molecular formula is C24H21F4N7O2. The molecule has 0 unspecified atom stereocenters. The highest BCUT2D eigenvalue weighted by atomic mass is 19.4. The minimum Gasteiger partial charge on any atom is -0.383 e. The van der Waals surface area contributed by atoms with E-state index in [1.54, 1.807) is 30.3 Å². The number of rotatable bonds is 9. The van der Waals surface area contributed by atoms with E-state index in [1.165, 1.54) is 24.5 Å². The van der Waals surface area contributed by atoms with Crippen molar-refractivity contribution in [3.8, 4) is 11.1 Å². The largest absolute Gasteiger partial charge is 0.417 e. The van der Waals surface area contributed by atoms with Gasteiger partial charge in [-0.15, -0.1) is 0 Å². The monoisotopic (exact) mass is 515 g/mol. The van der Waals surface area contributed by atoms with E-state index in [9.17, 15) is 22.4 Å². The number of aromatic nitrogens is 5. The van der Waals surface area contributed by atoms with Crippen LogP contribution in [0.5, 0.6) is 0 Å². The van der Waals surface area contributed by atoms with Gasteiger partial charge in [-0.2, -0.15) is 18.3 Å². The number of hydrogen-bond donors (Lipinski definition) is 2. The Morgan fingerprint density at radius 1 is 1.03 bits per heavy atom. The molecule has 3 aromatic heterocycles. The van der Waals surface area contributed by atoms with Crippen molar-refractivity contribution in [2.24, 2.45) is 0 Å². The van der Waals surface area contributed by atoms with Gasteiger partial charge < -0.3 is 15.4 Å². The number of anilines is 3. The van der Waals surface area contributed by atoms with E-state index in [2.05, 4.69) is 30.7 Å². The first kappa shape index (κ1) is 25.7. The first-order chi connectivity index (χ1) is 17.7. The quantitative estimate of drug-likeness (QED) is 0.317. The summed E-state index contributed by atoms with van der Waals surface area (Å²) in [7, 11) is 1.61. The predicted molar refractivity (Wildman–Crippen MR) is 126 cm³/mol. The van der Waals surface area contributed by atoms with Gasteiger partial charge in [0, 0.05) is 37.5 Å². The van der Waals surface area contributed by atoms with Crippen LogP contribution in [-0.2, 0) is 28.7 Å². The molecule has 0 fully saturated rings. The highest BCUT2D eigenvalue weighted by molar-refractivity contribution is 5.92. The smallest absolute Gasteiger partial charge is 0.383 e. The Bertz CT molecular complexity index is 1370. The Morgan fingerprint density at radius 3 is 2.51 bits per heavy atom. The highest BCUT2D eigenvalue weighted by Gasteiger charge is 2.31. The minimum atomic E-state index is -4.60. The molecule has 0 atom stereocenters. The summed E-state index contributed by atoms with van der Waals surface area (Å²) in [6, 6.07) is 5.02. The molecule has 9 nitrogen and oxygen atoms in total. The molecule has 0 spiro atoms. The maximum Gasteiger partial charge on any atom is 0.417 e. The van der Waals surface area contributed by atoms with Gasteiger partial charge in [-0.25, -0.2) is 14.4 Å². The fourth-order valence-electron chi connectivity index (χ4n) is 3.32. The number of alkyl halides is 3. The van der Waals surface area contributed by atoms with Crippen LogP contribution in [-0.4, -0.2) is 44.4 Å². The fraction of sp³-hybridized carbons (Fsp3) is 0.208. The number of methoxy groups -OCH3 is 1. The average Bonchev–Trinajstić information content (AvgIpc) is 3.31. The maximum atomic E-state index is 14.7. The van der Waals surface area contributed by atoms with Crippen molar-refractivity contribution in [1.29, 1.82) is 0 Å². The number of hydrogen-bond acceptors (Lipinski definition) is 7. The average molecular weight is 515 g/mol. The van der Waals surface area contributed by atoms with Gasteiger partial charge in [0.15, 0.2) is 0 Å². The molecule has 1 aromatic carbocycles. The number of halogens is 4. The van der Waals surface area contributed by atoms with Crippen molar-refractivity contribution in [3.63, 3.8) is 0 Å². The molecule has 0 aliphatic rings. The number of carbonyl (C=O) groups excluding carboxylic acids is 1. The summed E-state index contributed by atoms with van der Waals surface area (Å²) in [5.74, 6) is -1.01. The molecule has 192 valence electrons. The molecule has 4 rings (SSSR count). The summed E-state index contributed by atoms with van der Waals surface area (Å²) in [5, 5.41) is 9.52. The van der Waals surface area contributed by atoms with Crippen LogP contribution in [0.15, 0.2) is 61.4 Å². The number of amides is 1. The van der Waals surface area contributed by atoms with Crippen molar-refractivity contribution in [3.05, 3.63) is 78.4 Å². The Morgan fingerprint density at radius 2 is 1.81 bits per heavy atom. The Kier molecular flexibility index (Phi) is 7.72. The minimum absolute atomic E-state index is 0.0749. The molecule has 0 aliphatic carbocycles. The Labute approximate surface area is 208 Å². The third kappa shape index (κ3) is 6.85. The third-order valence-electron chi connectivity index (χ3n) is 5.15. The van der Waals surface area contributed by atoms with E-state index in [0.717, 1.165) is 12.3 Å². The summed E-state index contributed by atoms with van der Waals surface area (Å²) in [6.45, 7) is 1.13. The number of pyridine rings is 1. The van der Waals surface area contributed by atoms with Gasteiger partial charge in [0.25, 0.3) is 0 Å². The number of nitrogens with one attached hydrogen (secondary N) is 2. The predicted octanol–water partition coefficient (Wildman–Crippen LogP) is 4.46. The number of benzene rings is 1. The molecule has 0 radical (unpaired) electrons. The normalized spacial score (nSPS) is 11.4. The molecule has 13 heteroatoms. The Balaban J connectivity index is 1.38. The fourth-order valence-corrected chi connectivity index (χ4v) is 3.32. The van der Waals surface area contributed by atoms with Gasteiger partial charge in [-0.1, -0.05) is 12.1 Å². The molecule has 0 saturated heterocycles. The molecule has 1 amide bonds. The molecule has 37 heavy (non-hydrogen) atoms. The van der Waals surface area contributed by atoms with E-state index in [-0.39, 0.29) is 17.7 Å². The number of carbonyl (C=O) groups is 1. The van der Waals surface area contributed by atoms with Gasteiger partial charge in [0.05, 0.1) is 48.9 Å². The van der Waals surface area contributed by atoms with Crippen molar-refractivity contribution in [2.45, 2.75) is 19.1 Å². The molecule has 0 aliphatic heterocycles. The van der Waals surface area contributed by atoms with Crippen LogP contribution in [0.3, 0.4) is 0 Å². The van der Waals surface area contributed by atoms with E-state index < -0.39 is 23.5 Å². The molecule has 4 aromatic rings. The lowest BCUT2D eigenvalue weighted by Crippen LogP contribution is -2.16. The second kappa shape index (κ2) is 11.1. The second-order valence-corrected chi connectivity index (χ2v) is 7.90. The van der Waals surface area contributed by atoms with Gasteiger partial charge >= 0.3 is 6.18 Å². The molecule has 2 N–H and O–H groups in total. The lowest BCUT2D eigenvalue weighted by atomic mass is 10.0. The third-order valence-corrected chi connectivity index (χ3v) is 5.15. The van der Waals surface area contributed by atoms with Crippen LogP contribution >= 0.6 is 0 Å². The molecule has 0 saturated carbocycles. The van der Waals surface area contributed by atoms with Crippen LogP contribution in [0.4, 0.5) is 34.9 Å². The zero-order valence-electron chi connectivity index (χ0n) is 19.5. The van der Waals surface area contributed by atoms with Crippen molar-refractivity contribution in [1.82, 2.24) is 24.7 Å². The highest BCUT2D eigenvalue weighted by Crippen LogP contribution is 2.30. The van der Waals surface area contributed by atoms with Crippen LogP contribution in [0.25, 0.3) is 11.1 Å². The maximum absolute atomic E-state index is 14.7. The van der Waals surface area contributed by atoms with Crippen LogP contribution in [0, 0.1) is 5.82 Å². The lowest BCUT2D eigenvalue weighted by Gasteiger charge is -2.10. The van der Waals surface area contributed by atoms with E-state index in [0.29, 0.717) is 42.1 Å². The first-order valence-electron chi connectivity index (χ1n) is 10.9. The summed E-state index contributed by atoms with van der Waals surface area (Å²) >= 11 is 0. The summed E-state index contributed by atoms with van der Waals surface area (Å²) in [5.41, 5.74) is 0.671. The first-order valence-corrected chi connectivity index (χ1v) is 10.9. The standard InChI is InChI=1S/C24H21F4N7O2/c1-37-5-4-35-14-20(13-32-35)34-23-30-9-17(10-31-23)15-2-3-16(21(25)6-15)7-22(36)33-19-8-18(11-29-12-19)24(26,27)28/h2-3,6,8-14H,4-5,7H2,1H3,(H,33,36)(H,30,31,34). The van der Waals surface area contributed by atoms with Crippen molar-refractivity contribution >= 4 is 23.2 Å². The zero-order chi connectivity index (χ0) is 26.4. The van der Waals surface area contributed by atoms with Crippen LogP contribution in [0.1, 0.15) is 11.1 Å². The molecule has 0 bridgehead atoms. The van der Waals surface area contributed by atoms with Crippen molar-refractivity contribution in [2.75, 3.05) is 24.4 Å². The summed E-state index contributed by atoms with van der Waals surface area (Å²) < 4.78 is 59.9. The summed E-state index contributed by atoms with van der Waals surface area (Å²) in [6.07, 6.45) is 3.21. The zero-order valence-corrected chi connectivity index (χ0v) is 19.5. The Hall–Kier alpha value is -4.39.